The molecule has 0 saturated carbocycles. The first-order valence-electron chi connectivity index (χ1n) is 10.4. The van der Waals surface area contributed by atoms with Gasteiger partial charge in [0.1, 0.15) is 0 Å². The van der Waals surface area contributed by atoms with Crippen molar-refractivity contribution in [3.63, 3.8) is 0 Å². The Labute approximate surface area is 178 Å². The number of aliphatic imine (C=N–C) groups is 1. The zero-order chi connectivity index (χ0) is 21.4. The number of hydrogen-bond donors (Lipinski definition) is 0. The van der Waals surface area contributed by atoms with E-state index in [1.165, 1.54) is 17.5 Å². The fraction of sp³-hybridized carbons (Fsp3) is 0.500. The lowest BCUT2D eigenvalue weighted by atomic mass is 10.1. The van der Waals surface area contributed by atoms with E-state index in [0.29, 0.717) is 6.54 Å². The van der Waals surface area contributed by atoms with Crippen molar-refractivity contribution in [2.75, 3.05) is 46.8 Å². The Hall–Kier alpha value is -2.87. The third-order valence-electron chi connectivity index (χ3n) is 6.04. The average molecular weight is 411 g/mol. The van der Waals surface area contributed by atoms with Crippen LogP contribution in [0.5, 0.6) is 0 Å². The van der Waals surface area contributed by atoms with E-state index >= 15 is 0 Å². The van der Waals surface area contributed by atoms with Crippen LogP contribution >= 0.6 is 0 Å². The molecule has 8 nitrogen and oxygen atoms in total. The minimum absolute atomic E-state index is 0.203. The number of guanidine groups is 1. The molecule has 2 saturated heterocycles. The Morgan fingerprint density at radius 1 is 1.10 bits per heavy atom. The molecule has 0 spiro atoms. The van der Waals surface area contributed by atoms with Crippen molar-refractivity contribution in [2.45, 2.75) is 25.7 Å². The molecule has 2 fully saturated rings. The fourth-order valence-electron chi connectivity index (χ4n) is 4.42. The lowest BCUT2D eigenvalue weighted by molar-refractivity contribution is -0.136. The van der Waals surface area contributed by atoms with E-state index in [2.05, 4.69) is 40.6 Å². The lowest BCUT2D eigenvalue weighted by Crippen LogP contribution is -2.65. The second-order valence-electron chi connectivity index (χ2n) is 8.41. The number of urea groups is 1. The molecule has 3 heterocycles. The maximum atomic E-state index is 12.9. The van der Waals surface area contributed by atoms with Crippen molar-refractivity contribution in [3.8, 4) is 0 Å². The smallest absolute Gasteiger partial charge is 0.328 e. The number of piperazine rings is 1. The summed E-state index contributed by atoms with van der Waals surface area (Å²) in [5.41, 5.74) is 2.27. The molecule has 3 aliphatic heterocycles. The Morgan fingerprint density at radius 2 is 1.77 bits per heavy atom. The maximum Gasteiger partial charge on any atom is 0.328 e. The van der Waals surface area contributed by atoms with Crippen molar-refractivity contribution in [3.05, 3.63) is 48.0 Å². The van der Waals surface area contributed by atoms with Gasteiger partial charge < -0.3 is 14.7 Å². The van der Waals surface area contributed by atoms with E-state index in [1.54, 1.807) is 11.9 Å². The van der Waals surface area contributed by atoms with Gasteiger partial charge in [-0.15, -0.1) is 0 Å². The van der Waals surface area contributed by atoms with Crippen LogP contribution in [0.1, 0.15) is 12.5 Å². The molecule has 160 valence electrons. The predicted molar refractivity (Wildman–Crippen MR) is 116 cm³/mol. The molecular weight excluding hydrogens is 380 g/mol. The molecule has 2 unspecified atom stereocenters. The summed E-state index contributed by atoms with van der Waals surface area (Å²) in [7, 11) is 3.25. The molecular formula is C22H30N6O2. The Morgan fingerprint density at radius 3 is 2.40 bits per heavy atom. The molecule has 1 aromatic rings. The number of likely N-dealkylation sites (N-methyl/N-ethyl adjacent to an activating group) is 2. The highest BCUT2D eigenvalue weighted by atomic mass is 16.2. The van der Waals surface area contributed by atoms with Crippen LogP contribution < -0.4 is 0 Å². The lowest BCUT2D eigenvalue weighted by Gasteiger charge is -2.42. The zero-order valence-electron chi connectivity index (χ0n) is 18.0. The van der Waals surface area contributed by atoms with Gasteiger partial charge >= 0.3 is 6.03 Å². The molecule has 3 aliphatic rings. The summed E-state index contributed by atoms with van der Waals surface area (Å²) in [6.45, 7) is 11.0. The number of carbonyl (C=O) groups is 2. The predicted octanol–water partition coefficient (Wildman–Crippen LogP) is 1.27. The van der Waals surface area contributed by atoms with Gasteiger partial charge in [-0.05, 0) is 12.5 Å². The minimum Gasteiger partial charge on any atom is -0.340 e. The van der Waals surface area contributed by atoms with Gasteiger partial charge in [-0.2, -0.15) is 0 Å². The van der Waals surface area contributed by atoms with Crippen LogP contribution in [0.4, 0.5) is 4.79 Å². The van der Waals surface area contributed by atoms with E-state index in [-0.39, 0.29) is 11.9 Å². The summed E-state index contributed by atoms with van der Waals surface area (Å²) in [6.07, 6.45) is -0.488. The number of amides is 3. The Bertz CT molecular complexity index is 862. The molecule has 0 bridgehead atoms. The number of imide groups is 1. The SMILES string of the molecule is C=C(C)CN1C(N2CCN(Cc3ccccc3)CC2)=NC2C1C(=O)N(C)C(=O)N2C. The molecule has 8 heteroatoms. The first-order valence-corrected chi connectivity index (χ1v) is 10.4. The van der Waals surface area contributed by atoms with Gasteiger partial charge in [-0.1, -0.05) is 42.5 Å². The number of rotatable bonds is 4. The van der Waals surface area contributed by atoms with Gasteiger partial charge in [0.25, 0.3) is 5.91 Å². The fourth-order valence-corrected chi connectivity index (χ4v) is 4.42. The summed E-state index contributed by atoms with van der Waals surface area (Å²) in [6, 6.07) is 9.68. The molecule has 2 atom stereocenters. The highest BCUT2D eigenvalue weighted by molar-refractivity contribution is 6.03. The molecule has 0 N–H and O–H groups in total. The standard InChI is InChI=1S/C22H30N6O2/c1-16(2)14-28-18-19(24(3)22(30)25(4)20(18)29)23-21(28)27-12-10-26(11-13-27)15-17-8-6-5-7-9-17/h5-9,18-19H,1,10-15H2,2-4H3. The largest absolute Gasteiger partial charge is 0.340 e. The summed E-state index contributed by atoms with van der Waals surface area (Å²) in [5, 5.41) is 0. The molecule has 0 aromatic heterocycles. The Kier molecular flexibility index (Phi) is 5.51. The average Bonchev–Trinajstić information content (AvgIpc) is 3.10. The number of carbonyl (C=O) groups excluding carboxylic acids is 2. The van der Waals surface area contributed by atoms with Gasteiger partial charge in [0.2, 0.25) is 0 Å². The van der Waals surface area contributed by atoms with Gasteiger partial charge in [-0.25, -0.2) is 9.79 Å². The molecule has 0 aliphatic carbocycles. The van der Waals surface area contributed by atoms with Crippen LogP contribution in [-0.2, 0) is 11.3 Å². The van der Waals surface area contributed by atoms with Crippen molar-refractivity contribution in [1.29, 1.82) is 0 Å². The zero-order valence-corrected chi connectivity index (χ0v) is 18.0. The monoisotopic (exact) mass is 410 g/mol. The summed E-state index contributed by atoms with van der Waals surface area (Å²) >= 11 is 0. The number of hydrogen-bond acceptors (Lipinski definition) is 6. The normalized spacial score (nSPS) is 25.0. The second kappa shape index (κ2) is 8.10. The van der Waals surface area contributed by atoms with Crippen molar-refractivity contribution in [2.24, 2.45) is 4.99 Å². The molecule has 3 amide bonds. The molecule has 1 aromatic carbocycles. The van der Waals surface area contributed by atoms with Crippen LogP contribution in [0.25, 0.3) is 0 Å². The first kappa shape index (κ1) is 20.4. The van der Waals surface area contributed by atoms with E-state index in [1.807, 2.05) is 17.9 Å². The van der Waals surface area contributed by atoms with Gasteiger partial charge in [0.15, 0.2) is 18.2 Å². The van der Waals surface area contributed by atoms with Gasteiger partial charge in [0, 0.05) is 53.4 Å². The topological polar surface area (TPSA) is 62.7 Å². The van der Waals surface area contributed by atoms with Crippen molar-refractivity contribution in [1.82, 2.24) is 24.5 Å². The number of benzene rings is 1. The van der Waals surface area contributed by atoms with Crippen molar-refractivity contribution >= 4 is 17.9 Å². The summed E-state index contributed by atoms with van der Waals surface area (Å²) < 4.78 is 0. The number of fused-ring (bicyclic) bond motifs is 1. The number of nitrogens with zero attached hydrogens (tertiary/aromatic N) is 6. The second-order valence-corrected chi connectivity index (χ2v) is 8.41. The minimum atomic E-state index is -0.494. The quantitative estimate of drug-likeness (QED) is 0.700. The first-order chi connectivity index (χ1) is 14.4. The highest BCUT2D eigenvalue weighted by Gasteiger charge is 2.52. The molecule has 30 heavy (non-hydrogen) atoms. The van der Waals surface area contributed by atoms with Crippen LogP contribution in [0.15, 0.2) is 47.5 Å². The Balaban J connectivity index is 1.50. The summed E-state index contributed by atoms with van der Waals surface area (Å²) in [4.78, 5) is 39.7. The van der Waals surface area contributed by atoms with E-state index in [0.717, 1.165) is 44.3 Å². The van der Waals surface area contributed by atoms with E-state index < -0.39 is 12.2 Å². The third-order valence-corrected chi connectivity index (χ3v) is 6.04. The third kappa shape index (κ3) is 3.67. The molecule has 0 radical (unpaired) electrons. The van der Waals surface area contributed by atoms with Crippen LogP contribution in [0.3, 0.4) is 0 Å². The summed E-state index contributed by atoms with van der Waals surface area (Å²) in [5.74, 6) is 0.599. The van der Waals surface area contributed by atoms with Crippen LogP contribution in [0, 0.1) is 0 Å². The highest BCUT2D eigenvalue weighted by Crippen LogP contribution is 2.29. The van der Waals surface area contributed by atoms with Gasteiger partial charge in [0.05, 0.1) is 0 Å². The van der Waals surface area contributed by atoms with Gasteiger partial charge in [-0.3, -0.25) is 14.6 Å². The van der Waals surface area contributed by atoms with Crippen LogP contribution in [-0.4, -0.2) is 101 Å². The van der Waals surface area contributed by atoms with Crippen molar-refractivity contribution < 1.29 is 9.59 Å². The van der Waals surface area contributed by atoms with E-state index in [9.17, 15) is 9.59 Å². The van der Waals surface area contributed by atoms with E-state index in [4.69, 9.17) is 4.99 Å². The maximum absolute atomic E-state index is 12.9. The molecule has 4 rings (SSSR count). The van der Waals surface area contributed by atoms with Crippen LogP contribution in [0.2, 0.25) is 0 Å².